The van der Waals surface area contributed by atoms with E-state index >= 15 is 0 Å². The Morgan fingerprint density at radius 2 is 2.12 bits per heavy atom. The summed E-state index contributed by atoms with van der Waals surface area (Å²) in [5.41, 5.74) is 7.45. The third kappa shape index (κ3) is 2.29. The van der Waals surface area contributed by atoms with Crippen LogP contribution in [0.1, 0.15) is 34.8 Å². The molecule has 3 aromatic rings. The quantitative estimate of drug-likeness (QED) is 0.800. The number of methoxy groups -OCH3 is 1. The molecule has 0 amide bonds. The van der Waals surface area contributed by atoms with E-state index in [0.29, 0.717) is 17.0 Å². The van der Waals surface area contributed by atoms with E-state index in [1.54, 1.807) is 0 Å². The minimum atomic E-state index is -0.484. The van der Waals surface area contributed by atoms with Crippen molar-refractivity contribution in [2.24, 2.45) is 0 Å². The lowest BCUT2D eigenvalue weighted by Gasteiger charge is -2.08. The molecule has 7 heteroatoms. The molecule has 1 aliphatic rings. The fourth-order valence-electron chi connectivity index (χ4n) is 2.74. The van der Waals surface area contributed by atoms with Crippen LogP contribution < -0.4 is 10.5 Å². The summed E-state index contributed by atoms with van der Waals surface area (Å²) < 4.78 is 19.6. The monoisotopic (exact) mass is 326 g/mol. The van der Waals surface area contributed by atoms with E-state index in [0.717, 1.165) is 29.3 Å². The number of rotatable bonds is 3. The number of pyridine rings is 1. The number of fused-ring (bicyclic) bond motifs is 1. The second kappa shape index (κ2) is 5.30. The summed E-state index contributed by atoms with van der Waals surface area (Å²) in [6.07, 6.45) is 2.20. The van der Waals surface area contributed by atoms with E-state index in [4.69, 9.17) is 10.5 Å². The van der Waals surface area contributed by atoms with E-state index in [2.05, 4.69) is 10.1 Å². The van der Waals surface area contributed by atoms with Crippen molar-refractivity contribution in [3.05, 3.63) is 47.4 Å². The summed E-state index contributed by atoms with van der Waals surface area (Å²) >= 11 is 0. The summed E-state index contributed by atoms with van der Waals surface area (Å²) in [4.78, 5) is 17.4. The number of nitrogens with zero attached hydrogens (tertiary/aromatic N) is 3. The second-order valence-electron chi connectivity index (χ2n) is 5.83. The molecule has 2 aromatic heterocycles. The van der Waals surface area contributed by atoms with Crippen LogP contribution in [-0.2, 0) is 0 Å². The number of ether oxygens (including phenoxy) is 1. The molecule has 1 aromatic carbocycles. The molecular weight excluding hydrogens is 311 g/mol. The van der Waals surface area contributed by atoms with Crippen molar-refractivity contribution in [3.8, 4) is 5.75 Å². The molecule has 2 heterocycles. The Balaban J connectivity index is 1.86. The molecule has 2 N–H and O–H groups in total. The zero-order chi connectivity index (χ0) is 16.8. The molecule has 4 rings (SSSR count). The van der Waals surface area contributed by atoms with Crippen LogP contribution in [-0.4, -0.2) is 27.8 Å². The largest absolute Gasteiger partial charge is 0.496 e. The van der Waals surface area contributed by atoms with Crippen LogP contribution in [0, 0.1) is 5.82 Å². The Kier molecular flexibility index (Phi) is 3.23. The van der Waals surface area contributed by atoms with Gasteiger partial charge in [-0.15, -0.1) is 5.10 Å². The number of benzene rings is 1. The van der Waals surface area contributed by atoms with Gasteiger partial charge in [0, 0.05) is 17.7 Å². The third-order valence-corrected chi connectivity index (χ3v) is 4.16. The number of halogens is 1. The number of hydrogen-bond acceptors (Lipinski definition) is 5. The molecule has 0 saturated heterocycles. The van der Waals surface area contributed by atoms with Crippen molar-refractivity contribution in [1.82, 2.24) is 14.8 Å². The van der Waals surface area contributed by atoms with Gasteiger partial charge in [-0.3, -0.25) is 4.79 Å². The van der Waals surface area contributed by atoms with E-state index in [-0.39, 0.29) is 17.1 Å². The van der Waals surface area contributed by atoms with Gasteiger partial charge in [-0.2, -0.15) is 4.68 Å². The first-order chi connectivity index (χ1) is 11.6. The van der Waals surface area contributed by atoms with Crippen molar-refractivity contribution in [2.75, 3.05) is 12.8 Å². The van der Waals surface area contributed by atoms with Crippen molar-refractivity contribution in [2.45, 2.75) is 18.8 Å². The predicted octanol–water partition coefficient (Wildman–Crippen LogP) is 2.73. The average Bonchev–Trinajstić information content (AvgIpc) is 3.38. The van der Waals surface area contributed by atoms with E-state index in [9.17, 15) is 9.18 Å². The van der Waals surface area contributed by atoms with Gasteiger partial charge in [0.1, 0.15) is 11.6 Å². The maximum absolute atomic E-state index is 13.4. The summed E-state index contributed by atoms with van der Waals surface area (Å²) in [6.45, 7) is 0. The molecule has 6 nitrogen and oxygen atoms in total. The maximum atomic E-state index is 13.4. The van der Waals surface area contributed by atoms with Gasteiger partial charge in [0.2, 0.25) is 0 Å². The number of nitrogen functional groups attached to an aromatic ring is 1. The van der Waals surface area contributed by atoms with Gasteiger partial charge in [-0.05, 0) is 37.1 Å². The standard InChI is InChI=1S/C17H15FN4O2/c1-24-14-8-10(18)4-5-11(14)17(23)22-16-12(15(19)21-22)6-7-13(20-16)9-2-3-9/h4-9H,2-3H2,1H3,(H2,19,21). The van der Waals surface area contributed by atoms with Crippen LogP contribution in [0.4, 0.5) is 10.2 Å². The fraction of sp³-hybridized carbons (Fsp3) is 0.235. The first kappa shape index (κ1) is 14.6. The highest BCUT2D eigenvalue weighted by atomic mass is 19.1. The van der Waals surface area contributed by atoms with Gasteiger partial charge in [-0.1, -0.05) is 0 Å². The molecule has 0 radical (unpaired) electrons. The smallest absolute Gasteiger partial charge is 0.283 e. The van der Waals surface area contributed by atoms with Crippen LogP contribution in [0.5, 0.6) is 5.75 Å². The molecule has 122 valence electrons. The Morgan fingerprint density at radius 3 is 2.83 bits per heavy atom. The van der Waals surface area contributed by atoms with Gasteiger partial charge in [0.15, 0.2) is 11.5 Å². The molecule has 0 unspecified atom stereocenters. The van der Waals surface area contributed by atoms with Gasteiger partial charge >= 0.3 is 0 Å². The first-order valence-electron chi connectivity index (χ1n) is 7.62. The fourth-order valence-corrected chi connectivity index (χ4v) is 2.74. The third-order valence-electron chi connectivity index (χ3n) is 4.16. The zero-order valence-electron chi connectivity index (χ0n) is 13.0. The number of carbonyl (C=O) groups excluding carboxylic acids is 1. The van der Waals surface area contributed by atoms with E-state index in [1.807, 2.05) is 12.1 Å². The van der Waals surface area contributed by atoms with Crippen LogP contribution in [0.25, 0.3) is 11.0 Å². The lowest BCUT2D eigenvalue weighted by Crippen LogP contribution is -2.16. The van der Waals surface area contributed by atoms with Crippen molar-refractivity contribution < 1.29 is 13.9 Å². The van der Waals surface area contributed by atoms with Crippen LogP contribution >= 0.6 is 0 Å². The molecule has 1 fully saturated rings. The topological polar surface area (TPSA) is 83.0 Å². The molecule has 0 spiro atoms. The van der Waals surface area contributed by atoms with Gasteiger partial charge < -0.3 is 10.5 Å². The molecule has 1 saturated carbocycles. The Morgan fingerprint density at radius 1 is 1.33 bits per heavy atom. The van der Waals surface area contributed by atoms with Gasteiger partial charge in [0.05, 0.1) is 18.1 Å². The van der Waals surface area contributed by atoms with Crippen molar-refractivity contribution >= 4 is 22.8 Å². The molecule has 0 atom stereocenters. The molecule has 0 aliphatic heterocycles. The highest BCUT2D eigenvalue weighted by Crippen LogP contribution is 2.39. The number of aromatic nitrogens is 3. The molecule has 0 bridgehead atoms. The number of carbonyl (C=O) groups is 1. The van der Waals surface area contributed by atoms with Crippen LogP contribution in [0.3, 0.4) is 0 Å². The lowest BCUT2D eigenvalue weighted by atomic mass is 10.2. The lowest BCUT2D eigenvalue weighted by molar-refractivity contribution is 0.0947. The number of anilines is 1. The van der Waals surface area contributed by atoms with Crippen LogP contribution in [0.2, 0.25) is 0 Å². The minimum Gasteiger partial charge on any atom is -0.496 e. The van der Waals surface area contributed by atoms with Gasteiger partial charge in [0.25, 0.3) is 5.91 Å². The Labute approximate surface area is 137 Å². The summed E-state index contributed by atoms with van der Waals surface area (Å²) in [6, 6.07) is 7.49. The summed E-state index contributed by atoms with van der Waals surface area (Å²) in [5.74, 6) is -0.138. The van der Waals surface area contributed by atoms with Crippen molar-refractivity contribution in [3.63, 3.8) is 0 Å². The normalized spacial score (nSPS) is 14.1. The van der Waals surface area contributed by atoms with E-state index < -0.39 is 11.7 Å². The number of hydrogen-bond donors (Lipinski definition) is 1. The molecular formula is C17H15FN4O2. The molecule has 24 heavy (non-hydrogen) atoms. The Hall–Kier alpha value is -2.96. The summed E-state index contributed by atoms with van der Waals surface area (Å²) in [5, 5.41) is 4.74. The predicted molar refractivity (Wildman–Crippen MR) is 86.6 cm³/mol. The average molecular weight is 326 g/mol. The van der Waals surface area contributed by atoms with Crippen molar-refractivity contribution in [1.29, 1.82) is 0 Å². The second-order valence-corrected chi connectivity index (χ2v) is 5.83. The van der Waals surface area contributed by atoms with Gasteiger partial charge in [-0.25, -0.2) is 9.37 Å². The molecule has 1 aliphatic carbocycles. The SMILES string of the molecule is COc1cc(F)ccc1C(=O)n1nc(N)c2ccc(C3CC3)nc21. The highest BCUT2D eigenvalue weighted by molar-refractivity contribution is 6.03. The Bertz CT molecular complexity index is 963. The maximum Gasteiger partial charge on any atom is 0.283 e. The highest BCUT2D eigenvalue weighted by Gasteiger charge is 2.27. The number of nitrogens with two attached hydrogens (primary N) is 1. The van der Waals surface area contributed by atoms with E-state index in [1.165, 1.54) is 19.2 Å². The zero-order valence-corrected chi connectivity index (χ0v) is 13.0. The minimum absolute atomic E-state index is 0.139. The first-order valence-corrected chi connectivity index (χ1v) is 7.62. The van der Waals surface area contributed by atoms with Crippen LogP contribution in [0.15, 0.2) is 30.3 Å². The summed E-state index contributed by atoms with van der Waals surface area (Å²) in [7, 11) is 1.38.